The molecule has 0 N–H and O–H groups in total. The van der Waals surface area contributed by atoms with Gasteiger partial charge in [-0.1, -0.05) is 12.1 Å². The van der Waals surface area contributed by atoms with E-state index in [9.17, 15) is 0 Å². The fourth-order valence-corrected chi connectivity index (χ4v) is 3.58. The Bertz CT molecular complexity index is 833. The van der Waals surface area contributed by atoms with Gasteiger partial charge in [-0.05, 0) is 44.9 Å². The maximum absolute atomic E-state index is 4.62. The van der Waals surface area contributed by atoms with Crippen LogP contribution in [0.3, 0.4) is 0 Å². The van der Waals surface area contributed by atoms with Crippen LogP contribution in [-0.2, 0) is 6.54 Å². The van der Waals surface area contributed by atoms with Crippen LogP contribution < -0.4 is 4.90 Å². The van der Waals surface area contributed by atoms with Crippen molar-refractivity contribution in [3.63, 3.8) is 0 Å². The third kappa shape index (κ3) is 2.56. The first-order valence-corrected chi connectivity index (χ1v) is 8.20. The van der Waals surface area contributed by atoms with Crippen molar-refractivity contribution in [3.05, 3.63) is 48.0 Å². The van der Waals surface area contributed by atoms with E-state index in [4.69, 9.17) is 0 Å². The summed E-state index contributed by atoms with van der Waals surface area (Å²) in [5.41, 5.74) is 3.32. The molecule has 1 aliphatic heterocycles. The summed E-state index contributed by atoms with van der Waals surface area (Å²) in [6, 6.07) is 10.8. The van der Waals surface area contributed by atoms with Crippen molar-refractivity contribution < 1.29 is 0 Å². The number of aryl methyl sites for hydroxylation is 2. The lowest BCUT2D eigenvalue weighted by Crippen LogP contribution is -2.34. The summed E-state index contributed by atoms with van der Waals surface area (Å²) in [7, 11) is 0. The Labute approximate surface area is 136 Å². The largest absolute Gasteiger partial charge is 0.351 e. The summed E-state index contributed by atoms with van der Waals surface area (Å²) in [5, 5.41) is 5.76. The molecule has 0 saturated carbocycles. The van der Waals surface area contributed by atoms with Crippen LogP contribution in [0.4, 0.5) is 5.82 Å². The Hall–Kier alpha value is -2.43. The van der Waals surface area contributed by atoms with Gasteiger partial charge in [-0.25, -0.2) is 9.97 Å². The summed E-state index contributed by atoms with van der Waals surface area (Å²) in [4.78, 5) is 11.4. The first-order valence-electron chi connectivity index (χ1n) is 8.20. The molecule has 0 spiro atoms. The molecular weight excluding hydrogens is 286 g/mol. The summed E-state index contributed by atoms with van der Waals surface area (Å²) < 4.78 is 2.13. The molecule has 3 aromatic rings. The molecule has 1 saturated heterocycles. The first kappa shape index (κ1) is 14.2. The van der Waals surface area contributed by atoms with Crippen molar-refractivity contribution in [3.8, 4) is 0 Å². The quantitative estimate of drug-likeness (QED) is 0.746. The molecule has 1 aromatic carbocycles. The maximum Gasteiger partial charge on any atom is 0.140 e. The van der Waals surface area contributed by atoms with Crippen LogP contribution in [0, 0.1) is 13.8 Å². The zero-order valence-corrected chi connectivity index (χ0v) is 13.6. The van der Waals surface area contributed by atoms with Gasteiger partial charge in [-0.3, -0.25) is 4.68 Å². The van der Waals surface area contributed by atoms with Gasteiger partial charge in [-0.15, -0.1) is 0 Å². The zero-order chi connectivity index (χ0) is 15.8. The number of para-hydroxylation sites is 1. The molecular formula is C18H21N5. The molecule has 0 amide bonds. The summed E-state index contributed by atoms with van der Waals surface area (Å²) in [6.07, 6.45) is 4.05. The predicted molar refractivity (Wildman–Crippen MR) is 91.6 cm³/mol. The Morgan fingerprint density at radius 2 is 2.04 bits per heavy atom. The van der Waals surface area contributed by atoms with Gasteiger partial charge in [0.05, 0.1) is 23.8 Å². The zero-order valence-electron chi connectivity index (χ0n) is 13.6. The van der Waals surface area contributed by atoms with E-state index in [0.717, 1.165) is 35.5 Å². The van der Waals surface area contributed by atoms with Crippen LogP contribution >= 0.6 is 0 Å². The average molecular weight is 307 g/mol. The van der Waals surface area contributed by atoms with E-state index in [1.54, 1.807) is 6.33 Å². The number of fused-ring (bicyclic) bond motifs is 1. The SMILES string of the molecule is Cc1cc(C)n(CC2CCCN2c2ncnc3ccccc23)n1. The molecule has 1 fully saturated rings. The van der Waals surface area contributed by atoms with Crippen LogP contribution in [0.1, 0.15) is 24.2 Å². The standard InChI is InChI=1S/C18H21N5/c1-13-10-14(2)23(21-13)11-15-6-5-9-22(15)18-16-7-3-4-8-17(16)19-12-20-18/h3-4,7-8,10,12,15H,5-6,9,11H2,1-2H3. The lowest BCUT2D eigenvalue weighted by molar-refractivity contribution is 0.497. The third-order valence-electron chi connectivity index (χ3n) is 4.66. The van der Waals surface area contributed by atoms with Gasteiger partial charge in [0.25, 0.3) is 0 Å². The molecule has 2 aromatic heterocycles. The van der Waals surface area contributed by atoms with Crippen LogP contribution in [0.2, 0.25) is 0 Å². The van der Waals surface area contributed by atoms with Gasteiger partial charge in [-0.2, -0.15) is 5.10 Å². The number of aromatic nitrogens is 4. The average Bonchev–Trinajstić information content (AvgIpc) is 3.13. The minimum Gasteiger partial charge on any atom is -0.351 e. The molecule has 5 nitrogen and oxygen atoms in total. The van der Waals surface area contributed by atoms with Gasteiger partial charge in [0.1, 0.15) is 12.1 Å². The molecule has 118 valence electrons. The van der Waals surface area contributed by atoms with E-state index in [1.165, 1.54) is 18.5 Å². The number of anilines is 1. The second-order valence-corrected chi connectivity index (χ2v) is 6.31. The van der Waals surface area contributed by atoms with Gasteiger partial charge in [0, 0.05) is 17.6 Å². The van der Waals surface area contributed by atoms with Crippen LogP contribution in [-0.4, -0.2) is 32.3 Å². The Balaban J connectivity index is 1.68. The monoisotopic (exact) mass is 307 g/mol. The van der Waals surface area contributed by atoms with E-state index in [-0.39, 0.29) is 0 Å². The number of benzene rings is 1. The van der Waals surface area contributed by atoms with Crippen LogP contribution in [0.25, 0.3) is 10.9 Å². The molecule has 0 bridgehead atoms. The third-order valence-corrected chi connectivity index (χ3v) is 4.66. The molecule has 3 heterocycles. The molecule has 1 aliphatic rings. The number of hydrogen-bond acceptors (Lipinski definition) is 4. The van der Waals surface area contributed by atoms with Crippen molar-refractivity contribution in [1.29, 1.82) is 0 Å². The molecule has 1 atom stereocenters. The van der Waals surface area contributed by atoms with Crippen molar-refractivity contribution in [2.24, 2.45) is 0 Å². The fourth-order valence-electron chi connectivity index (χ4n) is 3.58. The highest BCUT2D eigenvalue weighted by Gasteiger charge is 2.28. The minimum atomic E-state index is 0.436. The Morgan fingerprint density at radius 1 is 1.17 bits per heavy atom. The lowest BCUT2D eigenvalue weighted by atomic mass is 10.2. The van der Waals surface area contributed by atoms with E-state index >= 15 is 0 Å². The van der Waals surface area contributed by atoms with E-state index < -0.39 is 0 Å². The number of rotatable bonds is 3. The minimum absolute atomic E-state index is 0.436. The molecule has 0 aliphatic carbocycles. The van der Waals surface area contributed by atoms with Crippen molar-refractivity contribution >= 4 is 16.7 Å². The Morgan fingerprint density at radius 3 is 2.87 bits per heavy atom. The smallest absolute Gasteiger partial charge is 0.140 e. The summed E-state index contributed by atoms with van der Waals surface area (Å²) in [6.45, 7) is 6.14. The second kappa shape index (κ2) is 5.65. The highest BCUT2D eigenvalue weighted by atomic mass is 15.3. The molecule has 1 unspecified atom stereocenters. The normalized spacial score (nSPS) is 18.0. The predicted octanol–water partition coefficient (Wildman–Crippen LogP) is 3.11. The highest BCUT2D eigenvalue weighted by Crippen LogP contribution is 2.30. The molecule has 4 rings (SSSR count). The number of nitrogens with zero attached hydrogens (tertiary/aromatic N) is 5. The van der Waals surface area contributed by atoms with Crippen LogP contribution in [0.15, 0.2) is 36.7 Å². The topological polar surface area (TPSA) is 46.8 Å². The Kier molecular flexibility index (Phi) is 3.48. The van der Waals surface area contributed by atoms with Crippen molar-refractivity contribution in [2.75, 3.05) is 11.4 Å². The van der Waals surface area contributed by atoms with Crippen LogP contribution in [0.5, 0.6) is 0 Å². The second-order valence-electron chi connectivity index (χ2n) is 6.31. The first-order chi connectivity index (χ1) is 11.2. The highest BCUT2D eigenvalue weighted by molar-refractivity contribution is 5.89. The van der Waals surface area contributed by atoms with Gasteiger partial charge >= 0.3 is 0 Å². The van der Waals surface area contributed by atoms with E-state index in [1.807, 2.05) is 19.1 Å². The molecule has 0 radical (unpaired) electrons. The van der Waals surface area contributed by atoms with Gasteiger partial charge in [0.2, 0.25) is 0 Å². The molecule has 5 heteroatoms. The van der Waals surface area contributed by atoms with Gasteiger partial charge in [0.15, 0.2) is 0 Å². The van der Waals surface area contributed by atoms with Crippen molar-refractivity contribution in [1.82, 2.24) is 19.7 Å². The lowest BCUT2D eigenvalue weighted by Gasteiger charge is -2.27. The number of hydrogen-bond donors (Lipinski definition) is 0. The van der Waals surface area contributed by atoms with Gasteiger partial charge < -0.3 is 4.90 Å². The van der Waals surface area contributed by atoms with Crippen molar-refractivity contribution in [2.45, 2.75) is 39.3 Å². The summed E-state index contributed by atoms with van der Waals surface area (Å²) in [5.74, 6) is 1.06. The fraction of sp³-hybridized carbons (Fsp3) is 0.389. The van der Waals surface area contributed by atoms with E-state index in [0.29, 0.717) is 6.04 Å². The maximum atomic E-state index is 4.62. The summed E-state index contributed by atoms with van der Waals surface area (Å²) >= 11 is 0. The molecule has 23 heavy (non-hydrogen) atoms. The van der Waals surface area contributed by atoms with E-state index in [2.05, 4.69) is 49.8 Å².